The number of ether oxygens (including phenoxy) is 1. The zero-order valence-corrected chi connectivity index (χ0v) is 11.0. The molecule has 2 rings (SSSR count). The predicted molar refractivity (Wildman–Crippen MR) is 72.0 cm³/mol. The number of rotatable bonds is 4. The number of nitrogens with one attached hydrogen (secondary N) is 1. The SMILES string of the molecule is CCc1ccc2c(c1)N(C)C(CCNC)CO2. The Balaban J connectivity index is 2.18. The molecule has 0 aliphatic carbocycles. The third-order valence-corrected chi connectivity index (χ3v) is 3.52. The molecule has 1 heterocycles. The van der Waals surface area contributed by atoms with Gasteiger partial charge in [0, 0.05) is 7.05 Å². The molecule has 1 aromatic carbocycles. The van der Waals surface area contributed by atoms with Gasteiger partial charge in [-0.2, -0.15) is 0 Å². The van der Waals surface area contributed by atoms with Crippen LogP contribution in [0, 0.1) is 0 Å². The lowest BCUT2D eigenvalue weighted by molar-refractivity contribution is 0.259. The fourth-order valence-electron chi connectivity index (χ4n) is 2.26. The highest BCUT2D eigenvalue weighted by atomic mass is 16.5. The minimum absolute atomic E-state index is 0.474. The van der Waals surface area contributed by atoms with Crippen LogP contribution in [0.25, 0.3) is 0 Å². The van der Waals surface area contributed by atoms with Crippen LogP contribution in [0.3, 0.4) is 0 Å². The van der Waals surface area contributed by atoms with E-state index in [0.717, 1.165) is 31.7 Å². The monoisotopic (exact) mass is 234 g/mol. The number of benzene rings is 1. The largest absolute Gasteiger partial charge is 0.489 e. The van der Waals surface area contributed by atoms with E-state index in [1.165, 1.54) is 11.3 Å². The highest BCUT2D eigenvalue weighted by Crippen LogP contribution is 2.34. The number of aryl methyl sites for hydroxylation is 1. The Kier molecular flexibility index (Phi) is 3.89. The summed E-state index contributed by atoms with van der Waals surface area (Å²) in [5.41, 5.74) is 2.60. The molecule has 0 bridgehead atoms. The van der Waals surface area contributed by atoms with Gasteiger partial charge < -0.3 is 15.0 Å². The number of nitrogens with zero attached hydrogens (tertiary/aromatic N) is 1. The molecule has 94 valence electrons. The summed E-state index contributed by atoms with van der Waals surface area (Å²) in [6.07, 6.45) is 2.19. The second-order valence-corrected chi connectivity index (χ2v) is 4.62. The molecule has 17 heavy (non-hydrogen) atoms. The fraction of sp³-hybridized carbons (Fsp3) is 0.571. The molecule has 1 aromatic rings. The van der Waals surface area contributed by atoms with E-state index in [2.05, 4.69) is 42.4 Å². The number of hydrogen-bond acceptors (Lipinski definition) is 3. The molecular weight excluding hydrogens is 212 g/mol. The molecule has 0 amide bonds. The third-order valence-electron chi connectivity index (χ3n) is 3.52. The Morgan fingerprint density at radius 3 is 3.00 bits per heavy atom. The van der Waals surface area contributed by atoms with Crippen LogP contribution in [0.2, 0.25) is 0 Å². The minimum atomic E-state index is 0.474. The molecular formula is C14H22N2O. The van der Waals surface area contributed by atoms with Gasteiger partial charge in [-0.05, 0) is 44.1 Å². The maximum absolute atomic E-state index is 5.83. The van der Waals surface area contributed by atoms with Crippen molar-refractivity contribution in [3.8, 4) is 5.75 Å². The van der Waals surface area contributed by atoms with Crippen molar-refractivity contribution in [2.75, 3.05) is 32.1 Å². The average molecular weight is 234 g/mol. The lowest BCUT2D eigenvalue weighted by atomic mass is 10.1. The molecule has 0 radical (unpaired) electrons. The first-order valence-electron chi connectivity index (χ1n) is 6.39. The maximum atomic E-state index is 5.83. The molecule has 3 nitrogen and oxygen atoms in total. The molecule has 0 saturated heterocycles. The highest BCUT2D eigenvalue weighted by molar-refractivity contribution is 5.61. The summed E-state index contributed by atoms with van der Waals surface area (Å²) in [7, 11) is 4.16. The molecule has 1 aliphatic rings. The van der Waals surface area contributed by atoms with Crippen molar-refractivity contribution >= 4 is 5.69 Å². The Bertz CT molecular complexity index is 378. The summed E-state index contributed by atoms with van der Waals surface area (Å²) in [6.45, 7) is 4.00. The van der Waals surface area contributed by atoms with Gasteiger partial charge in [0.1, 0.15) is 12.4 Å². The van der Waals surface area contributed by atoms with Gasteiger partial charge in [0.2, 0.25) is 0 Å². The topological polar surface area (TPSA) is 24.5 Å². The first-order valence-corrected chi connectivity index (χ1v) is 6.39. The molecule has 1 unspecified atom stereocenters. The smallest absolute Gasteiger partial charge is 0.142 e. The van der Waals surface area contributed by atoms with E-state index in [9.17, 15) is 0 Å². The van der Waals surface area contributed by atoms with Crippen molar-refractivity contribution in [2.45, 2.75) is 25.8 Å². The van der Waals surface area contributed by atoms with Crippen molar-refractivity contribution in [1.29, 1.82) is 0 Å². The van der Waals surface area contributed by atoms with Gasteiger partial charge in [0.05, 0.1) is 11.7 Å². The first-order chi connectivity index (χ1) is 8.26. The number of hydrogen-bond donors (Lipinski definition) is 1. The fourth-order valence-corrected chi connectivity index (χ4v) is 2.26. The second kappa shape index (κ2) is 5.41. The summed E-state index contributed by atoms with van der Waals surface area (Å²) < 4.78 is 5.83. The van der Waals surface area contributed by atoms with E-state index >= 15 is 0 Å². The summed E-state index contributed by atoms with van der Waals surface area (Å²) in [5.74, 6) is 1.02. The van der Waals surface area contributed by atoms with Crippen LogP contribution in [0.1, 0.15) is 18.9 Å². The van der Waals surface area contributed by atoms with E-state index in [4.69, 9.17) is 4.74 Å². The third kappa shape index (κ3) is 2.55. The molecule has 3 heteroatoms. The summed E-state index contributed by atoms with van der Waals surface area (Å²) in [5, 5.41) is 3.20. The van der Waals surface area contributed by atoms with Crippen molar-refractivity contribution in [1.82, 2.24) is 5.32 Å². The number of fused-ring (bicyclic) bond motifs is 1. The average Bonchev–Trinajstić information content (AvgIpc) is 2.38. The van der Waals surface area contributed by atoms with Crippen LogP contribution >= 0.6 is 0 Å². The van der Waals surface area contributed by atoms with Crippen molar-refractivity contribution in [2.24, 2.45) is 0 Å². The second-order valence-electron chi connectivity index (χ2n) is 4.62. The van der Waals surface area contributed by atoms with Crippen LogP contribution < -0.4 is 15.0 Å². The lowest BCUT2D eigenvalue weighted by Gasteiger charge is -2.36. The Labute approximate surface area is 104 Å². The molecule has 0 spiro atoms. The molecule has 1 atom stereocenters. The minimum Gasteiger partial charge on any atom is -0.489 e. The standard InChI is InChI=1S/C14H22N2O/c1-4-11-5-6-14-13(9-11)16(3)12(10-17-14)7-8-15-2/h5-6,9,12,15H,4,7-8,10H2,1-3H3. The van der Waals surface area contributed by atoms with Crippen molar-refractivity contribution in [3.63, 3.8) is 0 Å². The van der Waals surface area contributed by atoms with Crippen molar-refractivity contribution < 1.29 is 4.74 Å². The Morgan fingerprint density at radius 2 is 2.29 bits per heavy atom. The van der Waals surface area contributed by atoms with E-state index in [-0.39, 0.29) is 0 Å². The summed E-state index contributed by atoms with van der Waals surface area (Å²) in [4.78, 5) is 2.36. The number of anilines is 1. The van der Waals surface area contributed by atoms with E-state index in [1.54, 1.807) is 0 Å². The predicted octanol–water partition coefficient (Wildman–Crippen LogP) is 2.06. The normalized spacial score (nSPS) is 18.8. The maximum Gasteiger partial charge on any atom is 0.142 e. The van der Waals surface area contributed by atoms with E-state index in [1.807, 2.05) is 7.05 Å². The van der Waals surface area contributed by atoms with E-state index < -0.39 is 0 Å². The Morgan fingerprint density at radius 1 is 1.47 bits per heavy atom. The van der Waals surface area contributed by atoms with Crippen LogP contribution in [0.4, 0.5) is 5.69 Å². The van der Waals surface area contributed by atoms with Gasteiger partial charge >= 0.3 is 0 Å². The van der Waals surface area contributed by atoms with Crippen LogP contribution in [0.15, 0.2) is 18.2 Å². The van der Waals surface area contributed by atoms with Crippen LogP contribution in [0.5, 0.6) is 5.75 Å². The summed E-state index contributed by atoms with van der Waals surface area (Å²) in [6, 6.07) is 6.97. The quantitative estimate of drug-likeness (QED) is 0.863. The van der Waals surface area contributed by atoms with Gasteiger partial charge in [0.15, 0.2) is 0 Å². The molecule has 1 N–H and O–H groups in total. The Hall–Kier alpha value is -1.22. The zero-order chi connectivity index (χ0) is 12.3. The molecule has 1 aliphatic heterocycles. The van der Waals surface area contributed by atoms with Crippen molar-refractivity contribution in [3.05, 3.63) is 23.8 Å². The van der Waals surface area contributed by atoms with Gasteiger partial charge in [-0.15, -0.1) is 0 Å². The summed E-state index contributed by atoms with van der Waals surface area (Å²) >= 11 is 0. The zero-order valence-electron chi connectivity index (χ0n) is 11.0. The van der Waals surface area contributed by atoms with Gasteiger partial charge in [-0.1, -0.05) is 13.0 Å². The molecule has 0 fully saturated rings. The lowest BCUT2D eigenvalue weighted by Crippen LogP contribution is -2.41. The number of likely N-dealkylation sites (N-methyl/N-ethyl adjacent to an activating group) is 1. The van der Waals surface area contributed by atoms with Gasteiger partial charge in [0.25, 0.3) is 0 Å². The molecule has 0 saturated carbocycles. The van der Waals surface area contributed by atoms with Crippen LogP contribution in [-0.4, -0.2) is 33.3 Å². The molecule has 0 aromatic heterocycles. The first kappa shape index (κ1) is 12.2. The van der Waals surface area contributed by atoms with E-state index in [0.29, 0.717) is 6.04 Å². The van der Waals surface area contributed by atoms with Gasteiger partial charge in [-0.25, -0.2) is 0 Å². The van der Waals surface area contributed by atoms with Gasteiger partial charge in [-0.3, -0.25) is 0 Å². The highest BCUT2D eigenvalue weighted by Gasteiger charge is 2.24. The van der Waals surface area contributed by atoms with Crippen LogP contribution in [-0.2, 0) is 6.42 Å².